The van der Waals surface area contributed by atoms with Crippen molar-refractivity contribution in [3.63, 3.8) is 0 Å². The maximum absolute atomic E-state index is 11.3. The van der Waals surface area contributed by atoms with Crippen LogP contribution in [0.4, 0.5) is 0 Å². The second-order valence-corrected chi connectivity index (χ2v) is 6.52. The van der Waals surface area contributed by atoms with E-state index in [1.165, 1.54) is 0 Å². The van der Waals surface area contributed by atoms with Gasteiger partial charge in [-0.15, -0.1) is 0 Å². The van der Waals surface area contributed by atoms with Crippen LogP contribution in [0.2, 0.25) is 0 Å². The number of hydrogen-bond acceptors (Lipinski definition) is 5. The van der Waals surface area contributed by atoms with E-state index in [2.05, 4.69) is 0 Å². The van der Waals surface area contributed by atoms with Gasteiger partial charge >= 0.3 is 0 Å². The fourth-order valence-electron chi connectivity index (χ4n) is 2.17. The summed E-state index contributed by atoms with van der Waals surface area (Å²) in [4.78, 5) is 0. The molecule has 0 saturated carbocycles. The molecule has 0 spiro atoms. The Labute approximate surface area is 83.2 Å². The molecule has 82 valence electrons. The summed E-state index contributed by atoms with van der Waals surface area (Å²) in [5, 5.41) is 10.2. The smallest absolute Gasteiger partial charge is 0.153 e. The Morgan fingerprint density at radius 3 is 2.50 bits per heavy atom. The fraction of sp³-hybridized carbons (Fsp3) is 1.00. The summed E-state index contributed by atoms with van der Waals surface area (Å²) < 4.78 is 27.7. The van der Waals surface area contributed by atoms with Crippen molar-refractivity contribution in [2.24, 2.45) is 5.73 Å². The molecule has 0 aromatic carbocycles. The predicted molar refractivity (Wildman–Crippen MR) is 50.6 cm³/mol. The van der Waals surface area contributed by atoms with Crippen LogP contribution in [0.5, 0.6) is 0 Å². The lowest BCUT2D eigenvalue weighted by atomic mass is 9.79. The molecule has 0 aliphatic carbocycles. The van der Waals surface area contributed by atoms with Gasteiger partial charge in [-0.1, -0.05) is 0 Å². The average Bonchev–Trinajstić information content (AvgIpc) is 2.59. The summed E-state index contributed by atoms with van der Waals surface area (Å²) in [5.41, 5.74) is 3.81. The number of hydrogen-bond donors (Lipinski definition) is 2. The minimum absolute atomic E-state index is 0.0302. The molecule has 2 aliphatic heterocycles. The first-order valence-corrected chi connectivity index (χ1v) is 6.49. The molecule has 2 saturated heterocycles. The van der Waals surface area contributed by atoms with Crippen LogP contribution in [0, 0.1) is 0 Å². The standard InChI is InChI=1S/C8H15NO4S/c9-7(1-3-13-5-7)8(10)2-4-14(11,12)6-8/h10H,1-6,9H2. The predicted octanol–water partition coefficient (Wildman–Crippen LogP) is -1.35. The van der Waals surface area contributed by atoms with E-state index in [4.69, 9.17) is 10.5 Å². The van der Waals surface area contributed by atoms with Crippen molar-refractivity contribution in [2.45, 2.75) is 24.0 Å². The van der Waals surface area contributed by atoms with Gasteiger partial charge in [0.05, 0.1) is 29.3 Å². The molecule has 5 nitrogen and oxygen atoms in total. The maximum Gasteiger partial charge on any atom is 0.153 e. The molecule has 0 radical (unpaired) electrons. The van der Waals surface area contributed by atoms with E-state index in [-0.39, 0.29) is 24.5 Å². The van der Waals surface area contributed by atoms with Gasteiger partial charge in [-0.2, -0.15) is 0 Å². The number of aliphatic hydroxyl groups is 1. The molecule has 2 unspecified atom stereocenters. The van der Waals surface area contributed by atoms with E-state index in [9.17, 15) is 13.5 Å². The summed E-state index contributed by atoms with van der Waals surface area (Å²) in [7, 11) is -3.12. The summed E-state index contributed by atoms with van der Waals surface area (Å²) in [6.07, 6.45) is 0.758. The van der Waals surface area contributed by atoms with Gasteiger partial charge in [-0.25, -0.2) is 8.42 Å². The van der Waals surface area contributed by atoms with Gasteiger partial charge in [-0.3, -0.25) is 0 Å². The molecule has 2 heterocycles. The van der Waals surface area contributed by atoms with E-state index in [1.54, 1.807) is 0 Å². The molecular formula is C8H15NO4S. The topological polar surface area (TPSA) is 89.6 Å². The summed E-state index contributed by atoms with van der Waals surface area (Å²) >= 11 is 0. The molecule has 0 amide bonds. The minimum Gasteiger partial charge on any atom is -0.387 e. The molecule has 0 aromatic heterocycles. The lowest BCUT2D eigenvalue weighted by Crippen LogP contribution is -2.62. The van der Waals surface area contributed by atoms with Crippen LogP contribution >= 0.6 is 0 Å². The highest BCUT2D eigenvalue weighted by atomic mass is 32.2. The monoisotopic (exact) mass is 221 g/mol. The van der Waals surface area contributed by atoms with Crippen LogP contribution in [0.1, 0.15) is 12.8 Å². The molecule has 3 N–H and O–H groups in total. The van der Waals surface area contributed by atoms with Crippen molar-refractivity contribution >= 4 is 9.84 Å². The van der Waals surface area contributed by atoms with Gasteiger partial charge in [0.25, 0.3) is 0 Å². The van der Waals surface area contributed by atoms with E-state index < -0.39 is 21.0 Å². The zero-order chi connectivity index (χ0) is 10.4. The molecule has 2 atom stereocenters. The lowest BCUT2D eigenvalue weighted by molar-refractivity contribution is -0.0168. The van der Waals surface area contributed by atoms with E-state index in [0.717, 1.165) is 0 Å². The van der Waals surface area contributed by atoms with Gasteiger partial charge in [0.2, 0.25) is 0 Å². The van der Waals surface area contributed by atoms with Crippen LogP contribution in [0.3, 0.4) is 0 Å². The van der Waals surface area contributed by atoms with Gasteiger partial charge in [0.15, 0.2) is 9.84 Å². The number of sulfone groups is 1. The summed E-state index contributed by atoms with van der Waals surface area (Å²) in [6, 6.07) is 0. The zero-order valence-corrected chi connectivity index (χ0v) is 8.72. The van der Waals surface area contributed by atoms with Crippen molar-refractivity contribution in [3.8, 4) is 0 Å². The van der Waals surface area contributed by atoms with Gasteiger partial charge in [-0.05, 0) is 12.8 Å². The van der Waals surface area contributed by atoms with E-state index >= 15 is 0 Å². The molecule has 2 rings (SSSR count). The van der Waals surface area contributed by atoms with Gasteiger partial charge in [0.1, 0.15) is 0 Å². The van der Waals surface area contributed by atoms with Crippen LogP contribution in [-0.4, -0.2) is 49.4 Å². The SMILES string of the molecule is NC1(C2(O)CCS(=O)(=O)C2)CCOC1. The van der Waals surface area contributed by atoms with Crippen molar-refractivity contribution in [2.75, 3.05) is 24.7 Å². The number of nitrogens with two attached hydrogens (primary N) is 1. The van der Waals surface area contributed by atoms with E-state index in [1.807, 2.05) is 0 Å². The largest absolute Gasteiger partial charge is 0.387 e. The Bertz CT molecular complexity index is 333. The molecule has 2 fully saturated rings. The first-order valence-electron chi connectivity index (χ1n) is 4.66. The highest BCUT2D eigenvalue weighted by molar-refractivity contribution is 7.91. The average molecular weight is 221 g/mol. The molecule has 6 heteroatoms. The van der Waals surface area contributed by atoms with Crippen molar-refractivity contribution < 1.29 is 18.3 Å². The third kappa shape index (κ3) is 1.46. The van der Waals surface area contributed by atoms with Crippen LogP contribution in [-0.2, 0) is 14.6 Å². The van der Waals surface area contributed by atoms with Crippen molar-refractivity contribution in [1.82, 2.24) is 0 Å². The second-order valence-electron chi connectivity index (χ2n) is 4.33. The van der Waals surface area contributed by atoms with Gasteiger partial charge in [0, 0.05) is 6.61 Å². The minimum atomic E-state index is -3.12. The van der Waals surface area contributed by atoms with Crippen LogP contribution in [0.15, 0.2) is 0 Å². The second kappa shape index (κ2) is 2.91. The summed E-state index contributed by atoms with van der Waals surface area (Å²) in [6.45, 7) is 0.748. The highest BCUT2D eigenvalue weighted by Gasteiger charge is 2.55. The Morgan fingerprint density at radius 2 is 2.07 bits per heavy atom. The van der Waals surface area contributed by atoms with Crippen LogP contribution in [0.25, 0.3) is 0 Å². The first-order chi connectivity index (χ1) is 6.37. The zero-order valence-electron chi connectivity index (χ0n) is 7.90. The molecule has 0 bridgehead atoms. The van der Waals surface area contributed by atoms with Crippen molar-refractivity contribution in [1.29, 1.82) is 0 Å². The summed E-state index contributed by atoms with van der Waals surface area (Å²) in [5.74, 6) is -0.192. The molecule has 2 aliphatic rings. The first kappa shape index (κ1) is 10.4. The molecular weight excluding hydrogens is 206 g/mol. The van der Waals surface area contributed by atoms with Gasteiger partial charge < -0.3 is 15.6 Å². The number of rotatable bonds is 1. The van der Waals surface area contributed by atoms with Crippen LogP contribution < -0.4 is 5.73 Å². The Morgan fingerprint density at radius 1 is 1.36 bits per heavy atom. The Kier molecular flexibility index (Phi) is 2.15. The molecule has 0 aromatic rings. The molecule has 14 heavy (non-hydrogen) atoms. The van der Waals surface area contributed by atoms with Crippen molar-refractivity contribution in [3.05, 3.63) is 0 Å². The normalized spacial score (nSPS) is 47.0. The van der Waals surface area contributed by atoms with E-state index in [0.29, 0.717) is 13.0 Å². The number of ether oxygens (including phenoxy) is 1. The fourth-order valence-corrected chi connectivity index (χ4v) is 4.13. The maximum atomic E-state index is 11.3. The quantitative estimate of drug-likeness (QED) is 0.571. The highest BCUT2D eigenvalue weighted by Crippen LogP contribution is 2.36. The lowest BCUT2D eigenvalue weighted by Gasteiger charge is -2.37. The third-order valence-electron chi connectivity index (χ3n) is 3.26. The Balaban J connectivity index is 2.25. The Hall–Kier alpha value is -0.170. The third-order valence-corrected chi connectivity index (χ3v) is 5.01.